The van der Waals surface area contributed by atoms with Crippen molar-refractivity contribution in [2.45, 2.75) is 44.8 Å². The number of hydrogen-bond acceptors (Lipinski definition) is 6. The first-order valence-corrected chi connectivity index (χ1v) is 11.0. The molecule has 7 nitrogen and oxygen atoms in total. The number of benzene rings is 2. The molecule has 0 spiro atoms. The second kappa shape index (κ2) is 9.78. The van der Waals surface area contributed by atoms with E-state index in [0.29, 0.717) is 17.3 Å². The third-order valence-corrected chi connectivity index (χ3v) is 5.61. The summed E-state index contributed by atoms with van der Waals surface area (Å²) in [4.78, 5) is 12.1. The van der Waals surface area contributed by atoms with Crippen molar-refractivity contribution in [3.63, 3.8) is 0 Å². The van der Waals surface area contributed by atoms with Gasteiger partial charge in [0.05, 0.1) is 12.0 Å². The third kappa shape index (κ3) is 5.95. The fourth-order valence-corrected chi connectivity index (χ4v) is 3.75. The van der Waals surface area contributed by atoms with E-state index in [1.54, 1.807) is 24.3 Å². The molecule has 1 aromatic heterocycles. The number of thioether (sulfide) groups is 1. The predicted molar refractivity (Wildman–Crippen MR) is 124 cm³/mol. The molecule has 1 heterocycles. The number of nitrogens with one attached hydrogen (secondary N) is 1. The van der Waals surface area contributed by atoms with E-state index >= 15 is 0 Å². The Morgan fingerprint density at radius 2 is 1.94 bits per heavy atom. The van der Waals surface area contributed by atoms with E-state index in [1.165, 1.54) is 23.5 Å². The highest BCUT2D eigenvalue weighted by Gasteiger charge is 2.17. The van der Waals surface area contributed by atoms with Crippen molar-refractivity contribution in [2.75, 3.05) is 5.75 Å². The Kier molecular flexibility index (Phi) is 7.12. The Morgan fingerprint density at radius 1 is 1.19 bits per heavy atom. The standard InChI is InChI=1S/C23H27N5O2S/c1-5-28-21(17-9-11-18(12-10-17)23(2,3)4)26-27-22(28)31-15-20(30)25-24-14-16-7-6-8-19(29)13-16/h6-14,29H,5,15H2,1-4H3,(H,25,30). The monoisotopic (exact) mass is 437 g/mol. The van der Waals surface area contributed by atoms with Gasteiger partial charge in [-0.1, -0.05) is 68.9 Å². The summed E-state index contributed by atoms with van der Waals surface area (Å²) in [7, 11) is 0. The minimum atomic E-state index is -0.247. The van der Waals surface area contributed by atoms with Gasteiger partial charge >= 0.3 is 0 Å². The zero-order valence-corrected chi connectivity index (χ0v) is 19.0. The molecule has 31 heavy (non-hydrogen) atoms. The molecule has 8 heteroatoms. The highest BCUT2D eigenvalue weighted by atomic mass is 32.2. The van der Waals surface area contributed by atoms with Crippen molar-refractivity contribution in [2.24, 2.45) is 5.10 Å². The molecule has 1 amide bonds. The van der Waals surface area contributed by atoms with E-state index in [2.05, 4.69) is 65.8 Å². The Labute approximate surface area is 186 Å². The summed E-state index contributed by atoms with van der Waals surface area (Å²) >= 11 is 1.31. The average Bonchev–Trinajstić information content (AvgIpc) is 3.15. The average molecular weight is 438 g/mol. The summed E-state index contributed by atoms with van der Waals surface area (Å²) in [6.45, 7) is 9.28. The second-order valence-corrected chi connectivity index (χ2v) is 9.00. The van der Waals surface area contributed by atoms with E-state index < -0.39 is 0 Å². The van der Waals surface area contributed by atoms with Crippen LogP contribution in [0.4, 0.5) is 0 Å². The molecule has 0 bridgehead atoms. The Balaban J connectivity index is 1.62. The van der Waals surface area contributed by atoms with Crippen LogP contribution in [0.3, 0.4) is 0 Å². The molecule has 0 fully saturated rings. The van der Waals surface area contributed by atoms with Gasteiger partial charge in [-0.25, -0.2) is 5.43 Å². The number of carbonyl (C=O) groups is 1. The number of hydrazone groups is 1. The van der Waals surface area contributed by atoms with Gasteiger partial charge in [0.1, 0.15) is 5.75 Å². The number of nitrogens with zero attached hydrogens (tertiary/aromatic N) is 4. The van der Waals surface area contributed by atoms with Crippen LogP contribution in [0.25, 0.3) is 11.4 Å². The number of hydrogen-bond donors (Lipinski definition) is 2. The molecule has 0 radical (unpaired) electrons. The lowest BCUT2D eigenvalue weighted by molar-refractivity contribution is -0.118. The van der Waals surface area contributed by atoms with Crippen molar-refractivity contribution in [3.8, 4) is 17.1 Å². The van der Waals surface area contributed by atoms with Crippen LogP contribution in [-0.2, 0) is 16.8 Å². The van der Waals surface area contributed by atoms with Gasteiger partial charge in [-0.3, -0.25) is 4.79 Å². The lowest BCUT2D eigenvalue weighted by Gasteiger charge is -2.19. The highest BCUT2D eigenvalue weighted by Crippen LogP contribution is 2.27. The maximum Gasteiger partial charge on any atom is 0.250 e. The fourth-order valence-electron chi connectivity index (χ4n) is 2.96. The zero-order valence-electron chi connectivity index (χ0n) is 18.2. The van der Waals surface area contributed by atoms with Crippen LogP contribution in [0.5, 0.6) is 5.75 Å². The number of aromatic nitrogens is 3. The van der Waals surface area contributed by atoms with Gasteiger partial charge in [0.2, 0.25) is 0 Å². The molecule has 162 valence electrons. The highest BCUT2D eigenvalue weighted by molar-refractivity contribution is 7.99. The lowest BCUT2D eigenvalue weighted by atomic mass is 9.87. The summed E-state index contributed by atoms with van der Waals surface area (Å²) in [5.74, 6) is 0.850. The molecule has 2 N–H and O–H groups in total. The van der Waals surface area contributed by atoms with Crippen molar-refractivity contribution in [1.82, 2.24) is 20.2 Å². The van der Waals surface area contributed by atoms with Gasteiger partial charge in [-0.05, 0) is 35.6 Å². The van der Waals surface area contributed by atoms with Gasteiger partial charge in [0, 0.05) is 12.1 Å². The molecule has 3 aromatic rings. The van der Waals surface area contributed by atoms with Crippen LogP contribution < -0.4 is 5.43 Å². The first-order valence-electron chi connectivity index (χ1n) is 10.1. The molecular formula is C23H27N5O2S. The summed E-state index contributed by atoms with van der Waals surface area (Å²) in [5.41, 5.74) is 5.53. The summed E-state index contributed by atoms with van der Waals surface area (Å²) in [6.07, 6.45) is 1.48. The van der Waals surface area contributed by atoms with Crippen molar-refractivity contribution in [1.29, 1.82) is 0 Å². The molecule has 0 unspecified atom stereocenters. The normalized spacial score (nSPS) is 11.7. The van der Waals surface area contributed by atoms with Crippen LogP contribution in [-0.4, -0.2) is 37.7 Å². The van der Waals surface area contributed by atoms with Crippen molar-refractivity contribution < 1.29 is 9.90 Å². The molecule has 0 saturated heterocycles. The maximum absolute atomic E-state index is 12.1. The number of amides is 1. The zero-order chi connectivity index (χ0) is 22.4. The minimum absolute atomic E-state index is 0.0920. The van der Waals surface area contributed by atoms with E-state index in [4.69, 9.17) is 0 Å². The van der Waals surface area contributed by atoms with Crippen LogP contribution in [0.1, 0.15) is 38.8 Å². The Bertz CT molecular complexity index is 1070. The molecular weight excluding hydrogens is 410 g/mol. The van der Waals surface area contributed by atoms with Gasteiger partial charge in [0.15, 0.2) is 11.0 Å². The van der Waals surface area contributed by atoms with E-state index in [9.17, 15) is 9.90 Å². The molecule has 0 aliphatic rings. The molecule has 0 aliphatic carbocycles. The fraction of sp³-hybridized carbons (Fsp3) is 0.304. The Morgan fingerprint density at radius 3 is 2.58 bits per heavy atom. The smallest absolute Gasteiger partial charge is 0.250 e. The van der Waals surface area contributed by atoms with E-state index in [1.807, 2.05) is 11.5 Å². The van der Waals surface area contributed by atoms with Crippen molar-refractivity contribution in [3.05, 3.63) is 59.7 Å². The summed E-state index contributed by atoms with van der Waals surface area (Å²) in [5, 5.41) is 22.7. The van der Waals surface area contributed by atoms with Gasteiger partial charge in [0.25, 0.3) is 5.91 Å². The molecule has 2 aromatic carbocycles. The first kappa shape index (κ1) is 22.6. The van der Waals surface area contributed by atoms with E-state index in [-0.39, 0.29) is 22.8 Å². The SMILES string of the molecule is CCn1c(SCC(=O)NN=Cc2cccc(O)c2)nnc1-c1ccc(C(C)(C)C)cc1. The van der Waals surface area contributed by atoms with E-state index in [0.717, 1.165) is 11.4 Å². The number of carbonyl (C=O) groups excluding carboxylic acids is 1. The van der Waals surface area contributed by atoms with Gasteiger partial charge in [-0.15, -0.1) is 10.2 Å². The lowest BCUT2D eigenvalue weighted by Crippen LogP contribution is -2.20. The first-order chi connectivity index (χ1) is 14.8. The van der Waals surface area contributed by atoms with Gasteiger partial charge < -0.3 is 9.67 Å². The van der Waals surface area contributed by atoms with Crippen LogP contribution >= 0.6 is 11.8 Å². The van der Waals surface area contributed by atoms with Crippen LogP contribution in [0, 0.1) is 0 Å². The maximum atomic E-state index is 12.1. The number of aromatic hydroxyl groups is 1. The molecule has 0 aliphatic heterocycles. The quantitative estimate of drug-likeness (QED) is 0.328. The number of phenols is 1. The minimum Gasteiger partial charge on any atom is -0.508 e. The third-order valence-electron chi connectivity index (χ3n) is 4.65. The van der Waals surface area contributed by atoms with Crippen LogP contribution in [0.2, 0.25) is 0 Å². The molecule has 0 atom stereocenters. The molecule has 3 rings (SSSR count). The summed E-state index contributed by atoms with van der Waals surface area (Å²) in [6, 6.07) is 15.0. The number of phenolic OH excluding ortho intramolecular Hbond substituents is 1. The number of rotatable bonds is 7. The van der Waals surface area contributed by atoms with Crippen molar-refractivity contribution >= 4 is 23.9 Å². The van der Waals surface area contributed by atoms with Gasteiger partial charge in [-0.2, -0.15) is 5.10 Å². The molecule has 0 saturated carbocycles. The summed E-state index contributed by atoms with van der Waals surface area (Å²) < 4.78 is 2.00. The Hall–Kier alpha value is -3.13. The topological polar surface area (TPSA) is 92.4 Å². The van der Waals surface area contributed by atoms with Crippen LogP contribution in [0.15, 0.2) is 58.8 Å². The largest absolute Gasteiger partial charge is 0.508 e. The second-order valence-electron chi connectivity index (χ2n) is 8.05. The predicted octanol–water partition coefficient (Wildman–Crippen LogP) is 4.21.